The van der Waals surface area contributed by atoms with Gasteiger partial charge >= 0.3 is 0 Å². The van der Waals surface area contributed by atoms with Crippen LogP contribution in [0.15, 0.2) is 53.1 Å². The number of hydrogen-bond donors (Lipinski definition) is 0. The lowest BCUT2D eigenvalue weighted by atomic mass is 10.2. The smallest absolute Gasteiger partial charge is 0.126 e. The minimum absolute atomic E-state index is 0.879. The predicted molar refractivity (Wildman–Crippen MR) is 54.1 cm³/mol. The van der Waals surface area contributed by atoms with Gasteiger partial charge in [0, 0.05) is 0 Å². The average Bonchev–Trinajstić information content (AvgIpc) is 2.69. The van der Waals surface area contributed by atoms with Gasteiger partial charge < -0.3 is 4.42 Å². The summed E-state index contributed by atoms with van der Waals surface area (Å²) in [6, 6.07) is 14.0. The third-order valence-corrected chi connectivity index (χ3v) is 1.78. The van der Waals surface area contributed by atoms with Gasteiger partial charge in [-0.2, -0.15) is 0 Å². The first-order valence-corrected chi connectivity index (χ1v) is 4.22. The molecule has 0 atom stereocenters. The highest BCUT2D eigenvalue weighted by Crippen LogP contribution is 2.07. The highest BCUT2D eigenvalue weighted by Gasteiger charge is 1.87. The quantitative estimate of drug-likeness (QED) is 0.672. The third-order valence-electron chi connectivity index (χ3n) is 1.78. The zero-order valence-corrected chi connectivity index (χ0v) is 7.18. The molecule has 2 aromatic rings. The Kier molecular flexibility index (Phi) is 2.28. The second-order valence-corrected chi connectivity index (χ2v) is 2.76. The molecule has 13 heavy (non-hydrogen) atoms. The molecule has 0 aliphatic carbocycles. The molecule has 0 saturated carbocycles. The van der Waals surface area contributed by atoms with Crippen molar-refractivity contribution in [2.45, 2.75) is 0 Å². The monoisotopic (exact) mass is 170 g/mol. The fourth-order valence-corrected chi connectivity index (χ4v) is 1.13. The van der Waals surface area contributed by atoms with Gasteiger partial charge in [0.2, 0.25) is 0 Å². The Morgan fingerprint density at radius 1 is 0.846 bits per heavy atom. The van der Waals surface area contributed by atoms with Crippen LogP contribution in [-0.4, -0.2) is 0 Å². The summed E-state index contributed by atoms with van der Waals surface area (Å²) in [4.78, 5) is 0. The molecule has 0 radical (unpaired) electrons. The predicted octanol–water partition coefficient (Wildman–Crippen LogP) is 3.45. The van der Waals surface area contributed by atoms with E-state index in [1.807, 2.05) is 42.5 Å². The molecule has 0 bridgehead atoms. The van der Waals surface area contributed by atoms with Gasteiger partial charge in [0.05, 0.1) is 6.26 Å². The van der Waals surface area contributed by atoms with E-state index in [2.05, 4.69) is 12.1 Å². The fraction of sp³-hybridized carbons (Fsp3) is 0. The molecule has 0 aliphatic rings. The van der Waals surface area contributed by atoms with E-state index in [4.69, 9.17) is 4.42 Å². The van der Waals surface area contributed by atoms with Gasteiger partial charge in [0.25, 0.3) is 0 Å². The molecule has 0 N–H and O–H groups in total. The van der Waals surface area contributed by atoms with Crippen molar-refractivity contribution in [3.63, 3.8) is 0 Å². The second kappa shape index (κ2) is 3.76. The van der Waals surface area contributed by atoms with Gasteiger partial charge in [-0.05, 0) is 23.8 Å². The molecule has 0 spiro atoms. The van der Waals surface area contributed by atoms with E-state index in [0.29, 0.717) is 0 Å². The Labute approximate surface area is 77.3 Å². The molecule has 64 valence electrons. The van der Waals surface area contributed by atoms with Crippen LogP contribution in [0, 0.1) is 0 Å². The molecule has 1 aromatic carbocycles. The van der Waals surface area contributed by atoms with Crippen molar-refractivity contribution in [3.05, 3.63) is 60.1 Å². The van der Waals surface area contributed by atoms with Crippen LogP contribution >= 0.6 is 0 Å². The van der Waals surface area contributed by atoms with Crippen molar-refractivity contribution >= 4 is 12.2 Å². The maximum absolute atomic E-state index is 5.17. The standard InChI is InChI=1S/C12H10O/c1-2-5-11(6-3-1)8-9-12-7-4-10-13-12/h1-10H. The minimum Gasteiger partial charge on any atom is -0.465 e. The normalized spacial score (nSPS) is 10.8. The summed E-state index contributed by atoms with van der Waals surface area (Å²) in [6.45, 7) is 0. The van der Waals surface area contributed by atoms with Gasteiger partial charge in [-0.25, -0.2) is 0 Å². The summed E-state index contributed by atoms with van der Waals surface area (Å²) in [6.07, 6.45) is 5.65. The molecule has 1 heteroatoms. The van der Waals surface area contributed by atoms with Crippen LogP contribution in [0.2, 0.25) is 0 Å². The molecule has 0 fully saturated rings. The first-order chi connectivity index (χ1) is 6.45. The minimum atomic E-state index is 0.879. The van der Waals surface area contributed by atoms with Crippen LogP contribution < -0.4 is 0 Å². The van der Waals surface area contributed by atoms with Gasteiger partial charge in [0.1, 0.15) is 5.76 Å². The van der Waals surface area contributed by atoms with Crippen molar-refractivity contribution in [1.82, 2.24) is 0 Å². The summed E-state index contributed by atoms with van der Waals surface area (Å²) in [7, 11) is 0. The van der Waals surface area contributed by atoms with Crippen LogP contribution in [0.1, 0.15) is 11.3 Å². The molecule has 0 unspecified atom stereocenters. The van der Waals surface area contributed by atoms with Crippen LogP contribution in [-0.2, 0) is 0 Å². The molecular weight excluding hydrogens is 160 g/mol. The number of furan rings is 1. The highest BCUT2D eigenvalue weighted by molar-refractivity contribution is 5.67. The van der Waals surface area contributed by atoms with Crippen molar-refractivity contribution in [2.24, 2.45) is 0 Å². The van der Waals surface area contributed by atoms with Crippen molar-refractivity contribution < 1.29 is 4.42 Å². The second-order valence-electron chi connectivity index (χ2n) is 2.76. The zero-order valence-electron chi connectivity index (χ0n) is 7.18. The Bertz CT molecular complexity index is 371. The summed E-state index contributed by atoms with van der Waals surface area (Å²) >= 11 is 0. The van der Waals surface area contributed by atoms with Crippen LogP contribution in [0.5, 0.6) is 0 Å². The summed E-state index contributed by atoms with van der Waals surface area (Å²) in [5.41, 5.74) is 1.18. The van der Waals surface area contributed by atoms with Crippen LogP contribution in [0.4, 0.5) is 0 Å². The fourth-order valence-electron chi connectivity index (χ4n) is 1.13. The molecule has 1 heterocycles. The molecule has 2 rings (SSSR count). The molecular formula is C12H10O. The van der Waals surface area contributed by atoms with Crippen LogP contribution in [0.25, 0.3) is 12.2 Å². The Balaban J connectivity index is 2.15. The van der Waals surface area contributed by atoms with Crippen molar-refractivity contribution in [2.75, 3.05) is 0 Å². The van der Waals surface area contributed by atoms with Gasteiger partial charge in [-0.3, -0.25) is 0 Å². The Hall–Kier alpha value is -1.76. The van der Waals surface area contributed by atoms with E-state index in [9.17, 15) is 0 Å². The van der Waals surface area contributed by atoms with Crippen LogP contribution in [0.3, 0.4) is 0 Å². The van der Waals surface area contributed by atoms with Gasteiger partial charge in [0.15, 0.2) is 0 Å². The van der Waals surface area contributed by atoms with E-state index in [1.165, 1.54) is 5.56 Å². The molecule has 1 nitrogen and oxygen atoms in total. The summed E-state index contributed by atoms with van der Waals surface area (Å²) in [5, 5.41) is 0. The summed E-state index contributed by atoms with van der Waals surface area (Å²) in [5.74, 6) is 0.879. The first kappa shape index (κ1) is 7.87. The number of benzene rings is 1. The lowest BCUT2D eigenvalue weighted by molar-refractivity contribution is 0.557. The largest absolute Gasteiger partial charge is 0.465 e. The Morgan fingerprint density at radius 3 is 2.38 bits per heavy atom. The SMILES string of the molecule is C(=Cc1ccco1)c1ccccc1. The van der Waals surface area contributed by atoms with Crippen molar-refractivity contribution in [1.29, 1.82) is 0 Å². The topological polar surface area (TPSA) is 13.1 Å². The maximum Gasteiger partial charge on any atom is 0.126 e. The average molecular weight is 170 g/mol. The van der Waals surface area contributed by atoms with E-state index in [-0.39, 0.29) is 0 Å². The lowest BCUT2D eigenvalue weighted by Gasteiger charge is -1.89. The zero-order chi connectivity index (χ0) is 8.93. The first-order valence-electron chi connectivity index (χ1n) is 4.22. The maximum atomic E-state index is 5.17. The van der Waals surface area contributed by atoms with E-state index in [1.54, 1.807) is 6.26 Å². The van der Waals surface area contributed by atoms with E-state index >= 15 is 0 Å². The van der Waals surface area contributed by atoms with E-state index < -0.39 is 0 Å². The third kappa shape index (κ3) is 2.09. The highest BCUT2D eigenvalue weighted by atomic mass is 16.3. The molecule has 1 aromatic heterocycles. The Morgan fingerprint density at radius 2 is 1.69 bits per heavy atom. The molecule has 0 aliphatic heterocycles. The summed E-state index contributed by atoms with van der Waals surface area (Å²) < 4.78 is 5.17. The lowest BCUT2D eigenvalue weighted by Crippen LogP contribution is -1.67. The van der Waals surface area contributed by atoms with Crippen molar-refractivity contribution in [3.8, 4) is 0 Å². The number of rotatable bonds is 2. The molecule has 0 saturated heterocycles. The van der Waals surface area contributed by atoms with E-state index in [0.717, 1.165) is 5.76 Å². The molecule has 0 amide bonds. The van der Waals surface area contributed by atoms with Gasteiger partial charge in [-0.15, -0.1) is 0 Å². The van der Waals surface area contributed by atoms with Gasteiger partial charge in [-0.1, -0.05) is 36.4 Å². The number of hydrogen-bond acceptors (Lipinski definition) is 1.